The maximum atomic E-state index is 10.3. The molecule has 1 N–H and O–H groups in total. The molecule has 0 saturated carbocycles. The Bertz CT molecular complexity index is 963. The Kier molecular flexibility index (Phi) is 2.55. The zero-order chi connectivity index (χ0) is 14.4. The molecular weight excluding hydrogens is 288 g/mol. The van der Waals surface area contributed by atoms with Crippen LogP contribution in [0.5, 0.6) is 0 Å². The van der Waals surface area contributed by atoms with Crippen molar-refractivity contribution in [1.29, 1.82) is 0 Å². The van der Waals surface area contributed by atoms with Crippen LogP contribution in [-0.2, 0) is 0 Å². The van der Waals surface area contributed by atoms with Crippen LogP contribution in [0, 0.1) is 0 Å². The van der Waals surface area contributed by atoms with Gasteiger partial charge in [0, 0.05) is 10.6 Å². The van der Waals surface area contributed by atoms with E-state index >= 15 is 0 Å². The molecule has 102 valence electrons. The van der Waals surface area contributed by atoms with Crippen LogP contribution in [0.4, 0.5) is 0 Å². The van der Waals surface area contributed by atoms with Crippen LogP contribution in [0.1, 0.15) is 0 Å². The van der Waals surface area contributed by atoms with Gasteiger partial charge in [-0.2, -0.15) is 0 Å². The Morgan fingerprint density at radius 2 is 1.52 bits per heavy atom. The van der Waals surface area contributed by atoms with E-state index in [4.69, 9.17) is 11.6 Å². The van der Waals surface area contributed by atoms with Gasteiger partial charge in [0.25, 0.3) is 0 Å². The van der Waals surface area contributed by atoms with Crippen molar-refractivity contribution in [2.24, 2.45) is 0 Å². The zero-order valence-corrected chi connectivity index (χ0v) is 11.5. The van der Waals surface area contributed by atoms with Gasteiger partial charge in [-0.25, -0.2) is 15.0 Å². The summed E-state index contributed by atoms with van der Waals surface area (Å²) in [6.07, 6.45) is 0. The molecule has 0 aliphatic heterocycles. The molecule has 0 fully saturated rings. The monoisotopic (exact) mass is 296 g/mol. The second kappa shape index (κ2) is 4.43. The average Bonchev–Trinajstić information content (AvgIpc) is 2.82. The first kappa shape index (κ1) is 12.1. The molecule has 0 bridgehead atoms. The summed E-state index contributed by atoms with van der Waals surface area (Å²) in [5.41, 5.74) is 2.93. The zero-order valence-electron chi connectivity index (χ0n) is 10.7. The highest BCUT2D eigenvalue weighted by Gasteiger charge is 2.15. The highest BCUT2D eigenvalue weighted by atomic mass is 35.5. The fourth-order valence-corrected chi connectivity index (χ4v) is 2.36. The first-order valence-electron chi connectivity index (χ1n) is 6.33. The maximum Gasteiger partial charge on any atom is 0.216 e. The van der Waals surface area contributed by atoms with Gasteiger partial charge in [0.1, 0.15) is 0 Å². The van der Waals surface area contributed by atoms with Gasteiger partial charge in [-0.3, -0.25) is 0 Å². The fraction of sp³-hybridized carbons (Fsp3) is 0. The molecule has 0 radical (unpaired) electrons. The summed E-state index contributed by atoms with van der Waals surface area (Å²) < 4.78 is 0.956. The molecule has 0 amide bonds. The Balaban J connectivity index is 2.00. The highest BCUT2D eigenvalue weighted by molar-refractivity contribution is 6.30. The van der Waals surface area contributed by atoms with E-state index in [0.29, 0.717) is 27.7 Å². The summed E-state index contributed by atoms with van der Waals surface area (Å²) >= 11 is 5.87. The second-order valence-corrected chi connectivity index (χ2v) is 5.05. The second-order valence-electron chi connectivity index (χ2n) is 4.61. The van der Waals surface area contributed by atoms with Crippen molar-refractivity contribution < 1.29 is 5.21 Å². The van der Waals surface area contributed by atoms with Gasteiger partial charge >= 0.3 is 0 Å². The first-order valence-corrected chi connectivity index (χ1v) is 6.70. The lowest BCUT2D eigenvalue weighted by Gasteiger charge is -2.00. The largest absolute Gasteiger partial charge is 0.425 e. The predicted molar refractivity (Wildman–Crippen MR) is 80.5 cm³/mol. The molecule has 2 heterocycles. The van der Waals surface area contributed by atoms with Crippen LogP contribution in [0.3, 0.4) is 0 Å². The topological polar surface area (TPSA) is 63.8 Å². The SMILES string of the molecule is On1c(-c2ccc(Cl)cc2)nc2nc3ccccc3nc21. The van der Waals surface area contributed by atoms with E-state index in [1.807, 2.05) is 24.3 Å². The molecule has 4 aromatic rings. The number of aromatic nitrogens is 4. The van der Waals surface area contributed by atoms with E-state index in [0.717, 1.165) is 15.8 Å². The number of imidazole rings is 1. The van der Waals surface area contributed by atoms with Crippen molar-refractivity contribution in [2.75, 3.05) is 0 Å². The van der Waals surface area contributed by atoms with Crippen molar-refractivity contribution in [3.63, 3.8) is 0 Å². The van der Waals surface area contributed by atoms with Crippen LogP contribution in [-0.4, -0.2) is 24.9 Å². The number of hydrogen-bond donors (Lipinski definition) is 1. The van der Waals surface area contributed by atoms with E-state index in [1.165, 1.54) is 0 Å². The van der Waals surface area contributed by atoms with Gasteiger partial charge in [0.05, 0.1) is 11.0 Å². The van der Waals surface area contributed by atoms with Crippen molar-refractivity contribution in [3.05, 3.63) is 53.6 Å². The van der Waals surface area contributed by atoms with Gasteiger partial charge in [0.2, 0.25) is 11.3 Å². The van der Waals surface area contributed by atoms with Gasteiger partial charge in [-0.15, -0.1) is 4.73 Å². The summed E-state index contributed by atoms with van der Waals surface area (Å²) in [5, 5.41) is 10.9. The fourth-order valence-electron chi connectivity index (χ4n) is 2.23. The molecule has 6 heteroatoms. The number of benzene rings is 2. The summed E-state index contributed by atoms with van der Waals surface area (Å²) in [7, 11) is 0. The molecule has 5 nitrogen and oxygen atoms in total. The standard InChI is InChI=1S/C15H9ClN4O/c16-10-7-5-9(6-8-10)14-19-13-15(20(14)21)18-12-4-2-1-3-11(12)17-13/h1-8,21H. The number of halogens is 1. The molecule has 0 saturated heterocycles. The van der Waals surface area contributed by atoms with Crippen molar-refractivity contribution in [3.8, 4) is 11.4 Å². The normalized spacial score (nSPS) is 11.3. The summed E-state index contributed by atoms with van der Waals surface area (Å²) in [6.45, 7) is 0. The Hall–Kier alpha value is -2.66. The van der Waals surface area contributed by atoms with Crippen LogP contribution < -0.4 is 0 Å². The Morgan fingerprint density at radius 1 is 0.857 bits per heavy atom. The molecule has 21 heavy (non-hydrogen) atoms. The van der Waals surface area contributed by atoms with E-state index < -0.39 is 0 Å². The molecule has 0 aliphatic carbocycles. The quantitative estimate of drug-likeness (QED) is 0.546. The van der Waals surface area contributed by atoms with Crippen LogP contribution in [0.2, 0.25) is 5.02 Å². The first-order chi connectivity index (χ1) is 10.2. The van der Waals surface area contributed by atoms with Crippen molar-refractivity contribution in [1.82, 2.24) is 19.7 Å². The maximum absolute atomic E-state index is 10.3. The molecule has 4 rings (SSSR count). The molecule has 2 aromatic heterocycles. The number of fused-ring (bicyclic) bond motifs is 2. The van der Waals surface area contributed by atoms with E-state index in [1.54, 1.807) is 24.3 Å². The predicted octanol–water partition coefficient (Wildman–Crippen LogP) is 3.54. The molecule has 0 atom stereocenters. The number of nitrogens with zero attached hydrogens (tertiary/aromatic N) is 4. The van der Waals surface area contributed by atoms with Gasteiger partial charge in [0.15, 0.2) is 5.82 Å². The van der Waals surface area contributed by atoms with Crippen LogP contribution in [0.25, 0.3) is 33.7 Å². The summed E-state index contributed by atoms with van der Waals surface area (Å²) in [5.74, 6) is 0.386. The Morgan fingerprint density at radius 3 is 2.24 bits per heavy atom. The van der Waals surface area contributed by atoms with Crippen LogP contribution >= 0.6 is 11.6 Å². The average molecular weight is 297 g/mol. The minimum atomic E-state index is 0.332. The Labute approximate surface area is 124 Å². The molecule has 0 aliphatic rings. The molecular formula is C15H9ClN4O. The lowest BCUT2D eigenvalue weighted by molar-refractivity contribution is 0.201. The van der Waals surface area contributed by atoms with Crippen molar-refractivity contribution >= 4 is 33.9 Å². The molecule has 0 spiro atoms. The number of rotatable bonds is 1. The summed E-state index contributed by atoms with van der Waals surface area (Å²) in [6, 6.07) is 14.5. The lowest BCUT2D eigenvalue weighted by Crippen LogP contribution is -1.96. The van der Waals surface area contributed by atoms with Crippen molar-refractivity contribution in [2.45, 2.75) is 0 Å². The molecule has 0 unspecified atom stereocenters. The minimum absolute atomic E-state index is 0.332. The highest BCUT2D eigenvalue weighted by Crippen LogP contribution is 2.24. The van der Waals surface area contributed by atoms with E-state index in [9.17, 15) is 5.21 Å². The van der Waals surface area contributed by atoms with Gasteiger partial charge < -0.3 is 5.21 Å². The lowest BCUT2D eigenvalue weighted by atomic mass is 10.2. The number of para-hydroxylation sites is 2. The smallest absolute Gasteiger partial charge is 0.216 e. The van der Waals surface area contributed by atoms with Gasteiger partial charge in [-0.05, 0) is 36.4 Å². The third-order valence-electron chi connectivity index (χ3n) is 3.25. The third-order valence-corrected chi connectivity index (χ3v) is 3.50. The van der Waals surface area contributed by atoms with Gasteiger partial charge in [-0.1, -0.05) is 23.7 Å². The third kappa shape index (κ3) is 1.90. The minimum Gasteiger partial charge on any atom is -0.425 e. The molecule has 2 aromatic carbocycles. The van der Waals surface area contributed by atoms with E-state index in [2.05, 4.69) is 15.0 Å². The van der Waals surface area contributed by atoms with E-state index in [-0.39, 0.29) is 0 Å². The number of hydrogen-bond acceptors (Lipinski definition) is 4. The van der Waals surface area contributed by atoms with Crippen LogP contribution in [0.15, 0.2) is 48.5 Å². The summed E-state index contributed by atoms with van der Waals surface area (Å²) in [4.78, 5) is 13.2.